The van der Waals surface area contributed by atoms with Gasteiger partial charge in [-0.1, -0.05) is 6.42 Å². The van der Waals surface area contributed by atoms with Gasteiger partial charge in [-0.05, 0) is 70.1 Å². The van der Waals surface area contributed by atoms with Crippen LogP contribution >= 0.6 is 0 Å². The molecule has 0 heterocycles. The van der Waals surface area contributed by atoms with Gasteiger partial charge in [-0.3, -0.25) is 0 Å². The molecule has 0 aromatic carbocycles. The molecule has 18 heavy (non-hydrogen) atoms. The zero-order valence-corrected chi connectivity index (χ0v) is 11.7. The number of amides is 1. The Morgan fingerprint density at radius 2 is 1.83 bits per heavy atom. The highest BCUT2D eigenvalue weighted by Crippen LogP contribution is 2.59. The Balaban J connectivity index is 1.58. The Morgan fingerprint density at radius 1 is 1.11 bits per heavy atom. The molecule has 3 aliphatic rings. The first kappa shape index (κ1) is 12.3. The van der Waals surface area contributed by atoms with Crippen molar-refractivity contribution in [2.75, 3.05) is 0 Å². The van der Waals surface area contributed by atoms with Gasteiger partial charge in [0.1, 0.15) is 6.10 Å². The Bertz CT molecular complexity index is 347. The topological polar surface area (TPSA) is 38.3 Å². The fraction of sp³-hybridized carbons (Fsp3) is 0.933. The van der Waals surface area contributed by atoms with E-state index >= 15 is 0 Å². The van der Waals surface area contributed by atoms with Crippen LogP contribution in [0.4, 0.5) is 4.79 Å². The van der Waals surface area contributed by atoms with Crippen LogP contribution in [0.3, 0.4) is 0 Å². The molecule has 2 bridgehead atoms. The third-order valence-corrected chi connectivity index (χ3v) is 5.10. The maximum Gasteiger partial charge on any atom is 0.407 e. The predicted molar refractivity (Wildman–Crippen MR) is 70.2 cm³/mol. The lowest BCUT2D eigenvalue weighted by Gasteiger charge is -2.32. The molecule has 3 nitrogen and oxygen atoms in total. The summed E-state index contributed by atoms with van der Waals surface area (Å²) in [6, 6.07) is 0. The molecule has 102 valence electrons. The van der Waals surface area contributed by atoms with Crippen molar-refractivity contribution in [3.8, 4) is 0 Å². The van der Waals surface area contributed by atoms with Crippen LogP contribution < -0.4 is 5.32 Å². The third-order valence-electron chi connectivity index (χ3n) is 5.10. The van der Waals surface area contributed by atoms with Gasteiger partial charge in [-0.25, -0.2) is 4.79 Å². The molecule has 0 spiro atoms. The van der Waals surface area contributed by atoms with Gasteiger partial charge >= 0.3 is 6.09 Å². The van der Waals surface area contributed by atoms with Gasteiger partial charge in [0.15, 0.2) is 0 Å². The van der Waals surface area contributed by atoms with E-state index in [9.17, 15) is 4.79 Å². The molecular formula is C15H25NO2. The fourth-order valence-electron chi connectivity index (χ4n) is 4.61. The van der Waals surface area contributed by atoms with Crippen molar-refractivity contribution >= 4 is 6.09 Å². The molecule has 1 amide bonds. The minimum atomic E-state index is -0.227. The summed E-state index contributed by atoms with van der Waals surface area (Å²) in [7, 11) is 0. The summed E-state index contributed by atoms with van der Waals surface area (Å²) in [4.78, 5) is 11.8. The number of hydrogen-bond acceptors (Lipinski definition) is 2. The highest BCUT2D eigenvalue weighted by molar-refractivity contribution is 5.68. The summed E-state index contributed by atoms with van der Waals surface area (Å²) >= 11 is 0. The lowest BCUT2D eigenvalue weighted by Crippen LogP contribution is -2.43. The van der Waals surface area contributed by atoms with Crippen molar-refractivity contribution in [3.63, 3.8) is 0 Å². The second-order valence-electron chi connectivity index (χ2n) is 7.47. The number of rotatable bonds is 1. The summed E-state index contributed by atoms with van der Waals surface area (Å²) < 4.78 is 5.68. The van der Waals surface area contributed by atoms with E-state index in [1.807, 2.05) is 20.8 Å². The summed E-state index contributed by atoms with van der Waals surface area (Å²) in [5.41, 5.74) is -0.204. The van der Waals surface area contributed by atoms with Gasteiger partial charge in [-0.15, -0.1) is 0 Å². The number of fused-ring (bicyclic) bond motifs is 5. The summed E-state index contributed by atoms with van der Waals surface area (Å²) in [5, 5.41) is 2.90. The van der Waals surface area contributed by atoms with E-state index in [0.29, 0.717) is 5.92 Å². The van der Waals surface area contributed by atoms with E-state index < -0.39 is 0 Å². The zero-order valence-electron chi connectivity index (χ0n) is 11.7. The number of nitrogens with one attached hydrogen (secondary N) is 1. The highest BCUT2D eigenvalue weighted by atomic mass is 16.6. The van der Waals surface area contributed by atoms with E-state index in [4.69, 9.17) is 4.74 Å². The molecule has 0 saturated heterocycles. The molecule has 3 saturated carbocycles. The lowest BCUT2D eigenvalue weighted by atomic mass is 9.80. The van der Waals surface area contributed by atoms with Crippen LogP contribution in [-0.2, 0) is 4.74 Å². The monoisotopic (exact) mass is 251 g/mol. The molecule has 3 aliphatic carbocycles. The van der Waals surface area contributed by atoms with Gasteiger partial charge in [0.05, 0.1) is 0 Å². The first-order chi connectivity index (χ1) is 8.44. The van der Waals surface area contributed by atoms with Crippen LogP contribution in [0.5, 0.6) is 0 Å². The maximum absolute atomic E-state index is 11.8. The molecule has 3 heteroatoms. The lowest BCUT2D eigenvalue weighted by molar-refractivity contribution is 0.0320. The standard InChI is InChI=1S/C15H25NO2/c1-15(2,3)16-14(17)18-13-8-9-7-12(13)11-6-4-5-10(9)11/h9-13H,4-8H2,1-3H3,(H,16,17). The Labute approximate surface area is 110 Å². The first-order valence-electron chi connectivity index (χ1n) is 7.43. The van der Waals surface area contributed by atoms with E-state index in [1.54, 1.807) is 0 Å². The van der Waals surface area contributed by atoms with Crippen molar-refractivity contribution in [1.29, 1.82) is 0 Å². The van der Waals surface area contributed by atoms with E-state index in [1.165, 1.54) is 25.7 Å². The quantitative estimate of drug-likeness (QED) is 0.776. The minimum Gasteiger partial charge on any atom is -0.446 e. The van der Waals surface area contributed by atoms with E-state index in [2.05, 4.69) is 5.32 Å². The Kier molecular flexibility index (Phi) is 2.83. The number of carbonyl (C=O) groups excluding carboxylic acids is 1. The molecule has 3 rings (SSSR count). The van der Waals surface area contributed by atoms with Crippen LogP contribution in [-0.4, -0.2) is 17.7 Å². The number of hydrogen-bond donors (Lipinski definition) is 1. The number of alkyl carbamates (subject to hydrolysis) is 1. The average molecular weight is 251 g/mol. The normalized spacial score (nSPS) is 41.8. The first-order valence-corrected chi connectivity index (χ1v) is 7.43. The molecular weight excluding hydrogens is 226 g/mol. The average Bonchev–Trinajstić information content (AvgIpc) is 2.81. The molecule has 5 unspecified atom stereocenters. The largest absolute Gasteiger partial charge is 0.446 e. The summed E-state index contributed by atoms with van der Waals surface area (Å²) in [5.74, 6) is 3.32. The van der Waals surface area contributed by atoms with Crippen LogP contribution in [0, 0.1) is 23.7 Å². The molecule has 0 radical (unpaired) electrons. The number of ether oxygens (including phenoxy) is 1. The van der Waals surface area contributed by atoms with E-state index in [0.717, 1.165) is 24.2 Å². The van der Waals surface area contributed by atoms with Crippen molar-refractivity contribution < 1.29 is 9.53 Å². The second kappa shape index (κ2) is 4.14. The Morgan fingerprint density at radius 3 is 2.56 bits per heavy atom. The smallest absolute Gasteiger partial charge is 0.407 e. The van der Waals surface area contributed by atoms with Crippen LogP contribution in [0.25, 0.3) is 0 Å². The van der Waals surface area contributed by atoms with Crippen molar-refractivity contribution in [2.45, 2.75) is 64.5 Å². The van der Waals surface area contributed by atoms with Gasteiger partial charge in [0.25, 0.3) is 0 Å². The molecule has 0 aliphatic heterocycles. The molecule has 0 aromatic rings. The Hall–Kier alpha value is -0.730. The molecule has 3 fully saturated rings. The fourth-order valence-corrected chi connectivity index (χ4v) is 4.61. The molecule has 0 aromatic heterocycles. The van der Waals surface area contributed by atoms with Crippen molar-refractivity contribution in [2.24, 2.45) is 23.7 Å². The maximum atomic E-state index is 11.8. The second-order valence-corrected chi connectivity index (χ2v) is 7.47. The summed E-state index contributed by atoms with van der Waals surface area (Å²) in [6.45, 7) is 5.96. The van der Waals surface area contributed by atoms with Crippen LogP contribution in [0.1, 0.15) is 52.9 Å². The van der Waals surface area contributed by atoms with Crippen LogP contribution in [0.15, 0.2) is 0 Å². The van der Waals surface area contributed by atoms with Gasteiger partial charge < -0.3 is 10.1 Å². The van der Waals surface area contributed by atoms with Crippen molar-refractivity contribution in [1.82, 2.24) is 5.32 Å². The minimum absolute atomic E-state index is 0.191. The van der Waals surface area contributed by atoms with Gasteiger partial charge in [-0.2, -0.15) is 0 Å². The predicted octanol–water partition coefficient (Wildman–Crippen LogP) is 3.34. The molecule has 1 N–H and O–H groups in total. The third kappa shape index (κ3) is 2.12. The van der Waals surface area contributed by atoms with Gasteiger partial charge in [0, 0.05) is 5.54 Å². The SMILES string of the molecule is CC(C)(C)NC(=O)OC1CC2CC1C1CCCC21. The van der Waals surface area contributed by atoms with Gasteiger partial charge in [0.2, 0.25) is 0 Å². The molecule has 5 atom stereocenters. The van der Waals surface area contributed by atoms with Crippen LogP contribution in [0.2, 0.25) is 0 Å². The zero-order chi connectivity index (χ0) is 12.9. The highest BCUT2D eigenvalue weighted by Gasteiger charge is 2.55. The summed E-state index contributed by atoms with van der Waals surface area (Å²) in [6.07, 6.45) is 6.57. The number of carbonyl (C=O) groups is 1. The van der Waals surface area contributed by atoms with E-state index in [-0.39, 0.29) is 17.7 Å². The van der Waals surface area contributed by atoms with Crippen molar-refractivity contribution in [3.05, 3.63) is 0 Å².